The molecule has 30 heavy (non-hydrogen) atoms. The minimum atomic E-state index is -2.63. The van der Waals surface area contributed by atoms with Gasteiger partial charge in [0.1, 0.15) is 5.82 Å². The number of aromatic nitrogens is 2. The van der Waals surface area contributed by atoms with Crippen molar-refractivity contribution in [2.24, 2.45) is 0 Å². The highest BCUT2D eigenvalue weighted by molar-refractivity contribution is 5.75. The molecule has 1 saturated heterocycles. The lowest BCUT2D eigenvalue weighted by molar-refractivity contribution is -0.130. The summed E-state index contributed by atoms with van der Waals surface area (Å²) in [5.41, 5.74) is 8.53. The highest BCUT2D eigenvalue weighted by Crippen LogP contribution is 2.41. The predicted molar refractivity (Wildman–Crippen MR) is 108 cm³/mol. The first-order valence-electron chi connectivity index (χ1n) is 10.3. The van der Waals surface area contributed by atoms with Crippen LogP contribution < -0.4 is 10.6 Å². The fraction of sp³-hybridized carbons (Fsp3) is 0.524. The van der Waals surface area contributed by atoms with Gasteiger partial charge in [-0.1, -0.05) is 0 Å². The number of ether oxygens (including phenoxy) is 1. The first-order valence-corrected chi connectivity index (χ1v) is 10.3. The van der Waals surface area contributed by atoms with E-state index in [0.29, 0.717) is 39.4 Å². The van der Waals surface area contributed by atoms with Crippen LogP contribution in [-0.4, -0.2) is 46.7 Å². The second kappa shape index (κ2) is 7.23. The van der Waals surface area contributed by atoms with Gasteiger partial charge >= 0.3 is 0 Å². The van der Waals surface area contributed by atoms with E-state index in [1.807, 2.05) is 4.90 Å². The fourth-order valence-electron chi connectivity index (χ4n) is 4.64. The lowest BCUT2D eigenvalue weighted by atomic mass is 9.98. The third-order valence-corrected chi connectivity index (χ3v) is 6.36. The molecule has 7 nitrogen and oxygen atoms in total. The molecule has 3 aliphatic heterocycles. The number of halogens is 2. The van der Waals surface area contributed by atoms with Crippen LogP contribution in [0.4, 0.5) is 26.0 Å². The van der Waals surface area contributed by atoms with Crippen LogP contribution in [0.15, 0.2) is 12.1 Å². The van der Waals surface area contributed by atoms with Crippen molar-refractivity contribution in [1.29, 1.82) is 0 Å². The molecule has 0 unspecified atom stereocenters. The smallest absolute Gasteiger partial charge is 0.265 e. The van der Waals surface area contributed by atoms with Crippen LogP contribution in [0.5, 0.6) is 0 Å². The minimum Gasteiger partial charge on any atom is -0.398 e. The Morgan fingerprint density at radius 1 is 1.27 bits per heavy atom. The van der Waals surface area contributed by atoms with E-state index in [-0.39, 0.29) is 23.1 Å². The van der Waals surface area contributed by atoms with Crippen LogP contribution in [0.25, 0.3) is 0 Å². The van der Waals surface area contributed by atoms with Gasteiger partial charge in [-0.15, -0.1) is 0 Å². The molecule has 160 valence electrons. The standard InChI is InChI=1S/C21H25F2N5O2/c1-12(29)26-5-6-28-18(9-26)21(25-20(28)14-10-30-11-14)27-4-2-3-13-7-16(24)15(19(22)23)8-17(13)27/h7-8,14,19H,2-6,9-11,24H2,1H3. The van der Waals surface area contributed by atoms with Crippen molar-refractivity contribution < 1.29 is 18.3 Å². The molecule has 2 N–H and O–H groups in total. The molecular formula is C21H25F2N5O2. The number of nitrogens with two attached hydrogens (primary N) is 1. The number of imidazole rings is 1. The van der Waals surface area contributed by atoms with E-state index in [1.165, 1.54) is 6.07 Å². The Hall–Kier alpha value is -2.68. The highest BCUT2D eigenvalue weighted by atomic mass is 19.3. The maximum Gasteiger partial charge on any atom is 0.265 e. The van der Waals surface area contributed by atoms with E-state index in [0.717, 1.165) is 41.4 Å². The molecule has 5 rings (SSSR count). The van der Waals surface area contributed by atoms with Crippen molar-refractivity contribution in [3.8, 4) is 0 Å². The van der Waals surface area contributed by atoms with Gasteiger partial charge in [-0.2, -0.15) is 0 Å². The fourth-order valence-corrected chi connectivity index (χ4v) is 4.64. The lowest BCUT2D eigenvalue weighted by Crippen LogP contribution is -2.39. The van der Waals surface area contributed by atoms with Gasteiger partial charge < -0.3 is 24.8 Å². The first kappa shape index (κ1) is 19.3. The van der Waals surface area contributed by atoms with Gasteiger partial charge in [-0.05, 0) is 30.5 Å². The summed E-state index contributed by atoms with van der Waals surface area (Å²) in [5, 5.41) is 0. The molecule has 0 saturated carbocycles. The summed E-state index contributed by atoms with van der Waals surface area (Å²) < 4.78 is 34.6. The van der Waals surface area contributed by atoms with Gasteiger partial charge in [0.05, 0.1) is 31.4 Å². The molecule has 0 aliphatic carbocycles. The summed E-state index contributed by atoms with van der Waals surface area (Å²) in [5.74, 6) is 1.97. The van der Waals surface area contributed by atoms with E-state index < -0.39 is 6.43 Å². The molecule has 4 heterocycles. The van der Waals surface area contributed by atoms with Crippen molar-refractivity contribution in [2.45, 2.75) is 45.2 Å². The largest absolute Gasteiger partial charge is 0.398 e. The topological polar surface area (TPSA) is 76.6 Å². The monoisotopic (exact) mass is 417 g/mol. The number of anilines is 3. The number of alkyl halides is 2. The average Bonchev–Trinajstić information content (AvgIpc) is 3.03. The van der Waals surface area contributed by atoms with Crippen LogP contribution in [0.1, 0.15) is 48.3 Å². The molecule has 0 bridgehead atoms. The van der Waals surface area contributed by atoms with Gasteiger partial charge in [-0.25, -0.2) is 13.8 Å². The molecular weight excluding hydrogens is 392 g/mol. The molecule has 1 aromatic carbocycles. The Balaban J connectivity index is 1.62. The molecule has 2 aromatic rings. The van der Waals surface area contributed by atoms with E-state index in [4.69, 9.17) is 15.5 Å². The number of fused-ring (bicyclic) bond motifs is 2. The molecule has 1 aromatic heterocycles. The molecule has 1 fully saturated rings. The third-order valence-electron chi connectivity index (χ3n) is 6.36. The molecule has 0 spiro atoms. The second-order valence-corrected chi connectivity index (χ2v) is 8.23. The van der Waals surface area contributed by atoms with Gasteiger partial charge in [0.15, 0.2) is 5.82 Å². The maximum absolute atomic E-state index is 13.5. The minimum absolute atomic E-state index is 0.0220. The second-order valence-electron chi connectivity index (χ2n) is 8.23. The Morgan fingerprint density at radius 3 is 2.73 bits per heavy atom. The SMILES string of the molecule is CC(=O)N1CCn2c(C3COC3)nc(N3CCCc4cc(N)c(C(F)F)cc43)c2C1. The van der Waals surface area contributed by atoms with E-state index in [9.17, 15) is 13.6 Å². The van der Waals surface area contributed by atoms with E-state index >= 15 is 0 Å². The van der Waals surface area contributed by atoms with Crippen LogP contribution in [-0.2, 0) is 29.0 Å². The zero-order valence-electron chi connectivity index (χ0n) is 16.9. The lowest BCUT2D eigenvalue weighted by Gasteiger charge is -2.34. The highest BCUT2D eigenvalue weighted by Gasteiger charge is 2.35. The zero-order valence-corrected chi connectivity index (χ0v) is 16.9. The number of aryl methyl sites for hydroxylation is 1. The van der Waals surface area contributed by atoms with Gasteiger partial charge in [-0.3, -0.25) is 4.79 Å². The Kier molecular flexibility index (Phi) is 4.65. The van der Waals surface area contributed by atoms with Crippen LogP contribution >= 0.6 is 0 Å². The van der Waals surface area contributed by atoms with Crippen LogP contribution in [0.3, 0.4) is 0 Å². The molecule has 9 heteroatoms. The average molecular weight is 417 g/mol. The van der Waals surface area contributed by atoms with Gasteiger partial charge in [0, 0.05) is 43.5 Å². The third kappa shape index (κ3) is 3.03. The van der Waals surface area contributed by atoms with Crippen molar-refractivity contribution in [3.05, 3.63) is 34.8 Å². The number of hydrogen-bond donors (Lipinski definition) is 1. The summed E-state index contributed by atoms with van der Waals surface area (Å²) in [4.78, 5) is 20.8. The summed E-state index contributed by atoms with van der Waals surface area (Å²) in [6.07, 6.45) is -0.963. The van der Waals surface area contributed by atoms with Crippen molar-refractivity contribution in [1.82, 2.24) is 14.5 Å². The summed E-state index contributed by atoms with van der Waals surface area (Å²) >= 11 is 0. The first-order chi connectivity index (χ1) is 14.4. The quantitative estimate of drug-likeness (QED) is 0.777. The summed E-state index contributed by atoms with van der Waals surface area (Å²) in [6.45, 7) is 5.31. The van der Waals surface area contributed by atoms with Crippen molar-refractivity contribution in [2.75, 3.05) is 36.9 Å². The number of carbonyl (C=O) groups is 1. The van der Waals surface area contributed by atoms with Gasteiger partial charge in [0.25, 0.3) is 6.43 Å². The van der Waals surface area contributed by atoms with E-state index in [1.54, 1.807) is 17.9 Å². The predicted octanol–water partition coefficient (Wildman–Crippen LogP) is 2.96. The number of rotatable bonds is 3. The molecule has 3 aliphatic rings. The number of carbonyl (C=O) groups excluding carboxylic acids is 1. The number of benzene rings is 1. The number of nitrogen functional groups attached to an aromatic ring is 1. The van der Waals surface area contributed by atoms with Crippen molar-refractivity contribution >= 4 is 23.1 Å². The van der Waals surface area contributed by atoms with Crippen LogP contribution in [0.2, 0.25) is 0 Å². The number of amides is 1. The number of hydrogen-bond acceptors (Lipinski definition) is 5. The van der Waals surface area contributed by atoms with E-state index in [2.05, 4.69) is 4.57 Å². The maximum atomic E-state index is 13.5. The molecule has 0 atom stereocenters. The Bertz CT molecular complexity index is 1000. The molecule has 0 radical (unpaired) electrons. The number of nitrogens with zero attached hydrogens (tertiary/aromatic N) is 4. The van der Waals surface area contributed by atoms with Gasteiger partial charge in [0.2, 0.25) is 5.91 Å². The zero-order chi connectivity index (χ0) is 21.0. The summed E-state index contributed by atoms with van der Waals surface area (Å²) in [7, 11) is 0. The Labute approximate surface area is 173 Å². The van der Waals surface area contributed by atoms with Crippen LogP contribution in [0, 0.1) is 0 Å². The van der Waals surface area contributed by atoms with Crippen molar-refractivity contribution in [3.63, 3.8) is 0 Å². The summed E-state index contributed by atoms with van der Waals surface area (Å²) in [6, 6.07) is 3.19. The molecule has 1 amide bonds. The Morgan fingerprint density at radius 2 is 2.07 bits per heavy atom. The normalized spacial score (nSPS) is 18.9.